The lowest BCUT2D eigenvalue weighted by Gasteiger charge is -2.17. The molecule has 138 valence electrons. The van der Waals surface area contributed by atoms with Crippen molar-refractivity contribution in [2.45, 2.75) is 63.7 Å². The number of nitrogens with one attached hydrogen (secondary N) is 2. The third-order valence-corrected chi connectivity index (χ3v) is 5.09. The SMILES string of the molecule is CCNC(=NCCc1nc(C(C)C)no1)NC1CCC(SC)C1.I. The molecule has 1 heterocycles. The molecule has 2 unspecified atom stereocenters. The Morgan fingerprint density at radius 2 is 2.21 bits per heavy atom. The molecule has 6 nitrogen and oxygen atoms in total. The molecule has 1 aromatic rings. The molecular formula is C16H30IN5OS. The summed E-state index contributed by atoms with van der Waals surface area (Å²) in [6.45, 7) is 7.71. The van der Waals surface area contributed by atoms with E-state index in [4.69, 9.17) is 4.52 Å². The second-order valence-corrected chi connectivity index (χ2v) is 7.36. The summed E-state index contributed by atoms with van der Waals surface area (Å²) >= 11 is 1.97. The van der Waals surface area contributed by atoms with Gasteiger partial charge in [-0.15, -0.1) is 24.0 Å². The average Bonchev–Trinajstić information content (AvgIpc) is 3.16. The number of hydrogen-bond acceptors (Lipinski definition) is 5. The van der Waals surface area contributed by atoms with Crippen LogP contribution in [0.4, 0.5) is 0 Å². The Balaban J connectivity index is 0.00000288. The Hall–Kier alpha value is -0.510. The Kier molecular flexibility index (Phi) is 10.0. The highest BCUT2D eigenvalue weighted by Gasteiger charge is 2.24. The van der Waals surface area contributed by atoms with Crippen LogP contribution in [0.2, 0.25) is 0 Å². The fraction of sp³-hybridized carbons (Fsp3) is 0.812. The molecule has 1 aromatic heterocycles. The van der Waals surface area contributed by atoms with Crippen molar-refractivity contribution in [1.29, 1.82) is 0 Å². The van der Waals surface area contributed by atoms with Crippen molar-refractivity contribution in [3.63, 3.8) is 0 Å². The van der Waals surface area contributed by atoms with Crippen LogP contribution in [-0.4, -0.2) is 46.7 Å². The van der Waals surface area contributed by atoms with Gasteiger partial charge in [0.2, 0.25) is 5.89 Å². The maximum absolute atomic E-state index is 5.26. The smallest absolute Gasteiger partial charge is 0.228 e. The average molecular weight is 467 g/mol. The summed E-state index contributed by atoms with van der Waals surface area (Å²) in [5.41, 5.74) is 0. The molecule has 0 bridgehead atoms. The number of rotatable bonds is 7. The van der Waals surface area contributed by atoms with Crippen LogP contribution in [0.25, 0.3) is 0 Å². The molecule has 0 aliphatic heterocycles. The van der Waals surface area contributed by atoms with Gasteiger partial charge in [-0.05, 0) is 32.4 Å². The monoisotopic (exact) mass is 467 g/mol. The topological polar surface area (TPSA) is 75.3 Å². The van der Waals surface area contributed by atoms with Crippen LogP contribution in [-0.2, 0) is 6.42 Å². The second-order valence-electron chi connectivity index (χ2n) is 6.22. The molecular weight excluding hydrogens is 437 g/mol. The lowest BCUT2D eigenvalue weighted by molar-refractivity contribution is 0.372. The number of guanidine groups is 1. The van der Waals surface area contributed by atoms with Crippen LogP contribution in [0.3, 0.4) is 0 Å². The zero-order valence-corrected chi connectivity index (χ0v) is 18.2. The number of aromatic nitrogens is 2. The van der Waals surface area contributed by atoms with Crippen molar-refractivity contribution in [3.8, 4) is 0 Å². The molecule has 1 saturated carbocycles. The highest BCUT2D eigenvalue weighted by Crippen LogP contribution is 2.27. The molecule has 2 atom stereocenters. The normalized spacial score (nSPS) is 21.0. The summed E-state index contributed by atoms with van der Waals surface area (Å²) in [6, 6.07) is 0.529. The first-order valence-electron chi connectivity index (χ1n) is 8.52. The van der Waals surface area contributed by atoms with Crippen molar-refractivity contribution in [2.75, 3.05) is 19.3 Å². The minimum absolute atomic E-state index is 0. The van der Waals surface area contributed by atoms with E-state index in [-0.39, 0.29) is 24.0 Å². The molecule has 1 aliphatic carbocycles. The molecule has 8 heteroatoms. The first kappa shape index (κ1) is 21.5. The third-order valence-electron chi connectivity index (χ3n) is 4.00. The number of nitrogens with zero attached hydrogens (tertiary/aromatic N) is 3. The largest absolute Gasteiger partial charge is 0.357 e. The Morgan fingerprint density at radius 3 is 2.79 bits per heavy atom. The fourth-order valence-electron chi connectivity index (χ4n) is 2.67. The molecule has 2 rings (SSSR count). The van der Waals surface area contributed by atoms with Gasteiger partial charge in [-0.2, -0.15) is 16.7 Å². The quantitative estimate of drug-likeness (QED) is 0.365. The van der Waals surface area contributed by atoms with E-state index in [2.05, 4.69) is 52.8 Å². The van der Waals surface area contributed by atoms with E-state index >= 15 is 0 Å². The second kappa shape index (κ2) is 11.2. The molecule has 24 heavy (non-hydrogen) atoms. The van der Waals surface area contributed by atoms with Gasteiger partial charge < -0.3 is 15.2 Å². The molecule has 0 spiro atoms. The predicted octanol–water partition coefficient (Wildman–Crippen LogP) is 3.19. The number of halogens is 1. The van der Waals surface area contributed by atoms with Gasteiger partial charge in [-0.25, -0.2) is 0 Å². The lowest BCUT2D eigenvalue weighted by atomic mass is 10.2. The summed E-state index contributed by atoms with van der Waals surface area (Å²) in [7, 11) is 0. The van der Waals surface area contributed by atoms with E-state index in [1.54, 1.807) is 0 Å². The fourth-order valence-corrected chi connectivity index (χ4v) is 3.46. The van der Waals surface area contributed by atoms with E-state index in [9.17, 15) is 0 Å². The third kappa shape index (κ3) is 6.78. The van der Waals surface area contributed by atoms with Crippen LogP contribution >= 0.6 is 35.7 Å². The Labute approximate surface area is 166 Å². The van der Waals surface area contributed by atoms with Gasteiger partial charge in [-0.3, -0.25) is 4.99 Å². The zero-order valence-electron chi connectivity index (χ0n) is 15.0. The van der Waals surface area contributed by atoms with E-state index < -0.39 is 0 Å². The minimum atomic E-state index is 0. The van der Waals surface area contributed by atoms with Crippen molar-refractivity contribution < 1.29 is 4.52 Å². The summed E-state index contributed by atoms with van der Waals surface area (Å²) < 4.78 is 5.26. The van der Waals surface area contributed by atoms with Crippen LogP contribution in [0, 0.1) is 0 Å². The summed E-state index contributed by atoms with van der Waals surface area (Å²) in [4.78, 5) is 9.02. The molecule has 0 amide bonds. The minimum Gasteiger partial charge on any atom is -0.357 e. The molecule has 2 N–H and O–H groups in total. The van der Waals surface area contributed by atoms with E-state index in [0.29, 0.717) is 30.8 Å². The zero-order chi connectivity index (χ0) is 16.7. The highest BCUT2D eigenvalue weighted by atomic mass is 127. The molecule has 1 aliphatic rings. The summed E-state index contributed by atoms with van der Waals surface area (Å²) in [6.07, 6.45) is 6.60. The van der Waals surface area contributed by atoms with Gasteiger partial charge >= 0.3 is 0 Å². The van der Waals surface area contributed by atoms with Gasteiger partial charge in [0.25, 0.3) is 0 Å². The predicted molar refractivity (Wildman–Crippen MR) is 112 cm³/mol. The van der Waals surface area contributed by atoms with Crippen LogP contribution in [0.1, 0.15) is 57.7 Å². The summed E-state index contributed by atoms with van der Waals surface area (Å²) in [5, 5.41) is 11.6. The molecule has 0 radical (unpaired) electrons. The lowest BCUT2D eigenvalue weighted by Crippen LogP contribution is -2.42. The Morgan fingerprint density at radius 1 is 1.42 bits per heavy atom. The molecule has 1 fully saturated rings. The van der Waals surface area contributed by atoms with Gasteiger partial charge in [0.15, 0.2) is 11.8 Å². The highest BCUT2D eigenvalue weighted by molar-refractivity contribution is 14.0. The first-order chi connectivity index (χ1) is 11.1. The van der Waals surface area contributed by atoms with E-state index in [1.165, 1.54) is 19.3 Å². The summed E-state index contributed by atoms with van der Waals surface area (Å²) in [5.74, 6) is 2.62. The Bertz CT molecular complexity index is 508. The van der Waals surface area contributed by atoms with Crippen molar-refractivity contribution in [3.05, 3.63) is 11.7 Å². The molecule has 0 aromatic carbocycles. The van der Waals surface area contributed by atoms with Gasteiger partial charge in [0.1, 0.15) is 0 Å². The van der Waals surface area contributed by atoms with Crippen LogP contribution in [0.5, 0.6) is 0 Å². The van der Waals surface area contributed by atoms with Crippen LogP contribution in [0.15, 0.2) is 9.52 Å². The standard InChI is InChI=1S/C16H29N5OS.HI/c1-5-17-16(19-12-6-7-13(10-12)23-4)18-9-8-14-20-15(11(2)3)21-22-14;/h11-13H,5-10H2,1-4H3,(H2,17,18,19);1H. The van der Waals surface area contributed by atoms with Crippen LogP contribution < -0.4 is 10.6 Å². The first-order valence-corrected chi connectivity index (χ1v) is 9.81. The van der Waals surface area contributed by atoms with Crippen molar-refractivity contribution in [2.24, 2.45) is 4.99 Å². The van der Waals surface area contributed by atoms with E-state index in [0.717, 1.165) is 23.6 Å². The van der Waals surface area contributed by atoms with Gasteiger partial charge in [-0.1, -0.05) is 19.0 Å². The molecule has 0 saturated heterocycles. The van der Waals surface area contributed by atoms with E-state index in [1.807, 2.05) is 11.8 Å². The van der Waals surface area contributed by atoms with Crippen molar-refractivity contribution in [1.82, 2.24) is 20.8 Å². The number of thioether (sulfide) groups is 1. The van der Waals surface area contributed by atoms with Gasteiger partial charge in [0.05, 0.1) is 6.54 Å². The number of aliphatic imine (C=N–C) groups is 1. The maximum Gasteiger partial charge on any atom is 0.228 e. The number of hydrogen-bond donors (Lipinski definition) is 2. The van der Waals surface area contributed by atoms with Gasteiger partial charge in [0, 0.05) is 30.2 Å². The maximum atomic E-state index is 5.26. The van der Waals surface area contributed by atoms with Crippen molar-refractivity contribution >= 4 is 41.7 Å².